The predicted molar refractivity (Wildman–Crippen MR) is 128 cm³/mol. The highest BCUT2D eigenvalue weighted by Gasteiger charge is 2.20. The van der Waals surface area contributed by atoms with Gasteiger partial charge in [0, 0.05) is 0 Å². The van der Waals surface area contributed by atoms with Crippen molar-refractivity contribution in [3.05, 3.63) is 54.1 Å². The van der Waals surface area contributed by atoms with Gasteiger partial charge in [0.05, 0.1) is 0 Å². The van der Waals surface area contributed by atoms with Crippen LogP contribution in [0.3, 0.4) is 0 Å². The standard InChI is InChI=1S/C26H38O4S/c1-2-3-4-5-6-7-8-9-10-11-12-14-18-23-19-17-22-25(31(27,28)29)26(23)30-24-20-15-13-16-21-24/h13,15-17,19-22H,2-12,14,18H2,1H3,(H,27,28,29). The molecule has 5 heteroatoms. The minimum atomic E-state index is -4.36. The molecule has 0 bridgehead atoms. The Morgan fingerprint density at radius 1 is 0.710 bits per heavy atom. The summed E-state index contributed by atoms with van der Waals surface area (Å²) in [6.07, 6.45) is 16.0. The number of unbranched alkanes of at least 4 members (excludes halogenated alkanes) is 11. The summed E-state index contributed by atoms with van der Waals surface area (Å²) >= 11 is 0. The molecule has 0 aliphatic carbocycles. The van der Waals surface area contributed by atoms with Crippen LogP contribution in [0.5, 0.6) is 11.5 Å². The maximum atomic E-state index is 11.8. The van der Waals surface area contributed by atoms with Crippen LogP contribution < -0.4 is 4.74 Å². The van der Waals surface area contributed by atoms with Gasteiger partial charge in [-0.2, -0.15) is 8.42 Å². The van der Waals surface area contributed by atoms with E-state index in [0.29, 0.717) is 5.75 Å². The van der Waals surface area contributed by atoms with E-state index in [4.69, 9.17) is 4.74 Å². The molecule has 0 aliphatic heterocycles. The number of ether oxygens (including phenoxy) is 1. The molecule has 0 atom stereocenters. The van der Waals surface area contributed by atoms with Gasteiger partial charge >= 0.3 is 0 Å². The van der Waals surface area contributed by atoms with Gasteiger partial charge < -0.3 is 4.74 Å². The minimum Gasteiger partial charge on any atom is -0.456 e. The van der Waals surface area contributed by atoms with E-state index >= 15 is 0 Å². The highest BCUT2D eigenvalue weighted by atomic mass is 32.2. The molecule has 0 spiro atoms. The van der Waals surface area contributed by atoms with Crippen LogP contribution in [-0.2, 0) is 16.5 Å². The van der Waals surface area contributed by atoms with Crippen LogP contribution in [0.25, 0.3) is 0 Å². The summed E-state index contributed by atoms with van der Waals surface area (Å²) in [6, 6.07) is 14.0. The molecule has 0 amide bonds. The Kier molecular flexibility index (Phi) is 11.7. The Morgan fingerprint density at radius 3 is 1.81 bits per heavy atom. The van der Waals surface area contributed by atoms with Crippen LogP contribution >= 0.6 is 0 Å². The number of hydrogen-bond acceptors (Lipinski definition) is 3. The normalized spacial score (nSPS) is 11.5. The van der Waals surface area contributed by atoms with Crippen molar-refractivity contribution in [3.8, 4) is 11.5 Å². The summed E-state index contributed by atoms with van der Waals surface area (Å²) in [7, 11) is -4.36. The topological polar surface area (TPSA) is 63.6 Å². The van der Waals surface area contributed by atoms with E-state index in [9.17, 15) is 13.0 Å². The number of benzene rings is 2. The van der Waals surface area contributed by atoms with Crippen molar-refractivity contribution in [2.75, 3.05) is 0 Å². The molecule has 0 saturated carbocycles. The summed E-state index contributed by atoms with van der Waals surface area (Å²) < 4.78 is 39.2. The Morgan fingerprint density at radius 2 is 1.26 bits per heavy atom. The molecule has 2 aromatic carbocycles. The van der Waals surface area contributed by atoms with Crippen LogP contribution in [-0.4, -0.2) is 13.0 Å². The highest BCUT2D eigenvalue weighted by molar-refractivity contribution is 7.86. The molecule has 0 fully saturated rings. The van der Waals surface area contributed by atoms with Gasteiger partial charge in [0.2, 0.25) is 0 Å². The average molecular weight is 447 g/mol. The lowest BCUT2D eigenvalue weighted by Gasteiger charge is -2.14. The molecular weight excluding hydrogens is 408 g/mol. The van der Waals surface area contributed by atoms with E-state index in [-0.39, 0.29) is 10.6 Å². The first-order valence-corrected chi connectivity index (χ1v) is 13.3. The fraction of sp³-hybridized carbons (Fsp3) is 0.538. The zero-order valence-corrected chi connectivity index (χ0v) is 19.7. The van der Waals surface area contributed by atoms with Crippen molar-refractivity contribution in [1.82, 2.24) is 0 Å². The van der Waals surface area contributed by atoms with Crippen LogP contribution in [0.4, 0.5) is 0 Å². The molecular formula is C26H38O4S. The summed E-state index contributed by atoms with van der Waals surface area (Å²) in [5, 5.41) is 0. The average Bonchev–Trinajstić information content (AvgIpc) is 2.75. The number of rotatable bonds is 16. The van der Waals surface area contributed by atoms with Gasteiger partial charge in [-0.25, -0.2) is 0 Å². The van der Waals surface area contributed by atoms with Crippen LogP contribution in [0.15, 0.2) is 53.4 Å². The predicted octanol–water partition coefficient (Wildman–Crippen LogP) is 7.97. The van der Waals surface area contributed by atoms with Gasteiger partial charge in [-0.05, 0) is 36.6 Å². The van der Waals surface area contributed by atoms with Gasteiger partial charge in [0.25, 0.3) is 10.1 Å². The van der Waals surface area contributed by atoms with E-state index in [0.717, 1.165) is 24.8 Å². The molecule has 172 valence electrons. The molecule has 0 aromatic heterocycles. The van der Waals surface area contributed by atoms with E-state index in [2.05, 4.69) is 6.92 Å². The van der Waals surface area contributed by atoms with Crippen molar-refractivity contribution >= 4 is 10.1 Å². The van der Waals surface area contributed by atoms with E-state index in [1.807, 2.05) is 24.3 Å². The summed E-state index contributed by atoms with van der Waals surface area (Å²) in [6.45, 7) is 2.25. The highest BCUT2D eigenvalue weighted by Crippen LogP contribution is 2.33. The molecule has 1 N–H and O–H groups in total. The lowest BCUT2D eigenvalue weighted by Crippen LogP contribution is -2.04. The van der Waals surface area contributed by atoms with Crippen molar-refractivity contribution in [3.63, 3.8) is 0 Å². The zero-order valence-electron chi connectivity index (χ0n) is 18.9. The molecule has 0 unspecified atom stereocenters. The fourth-order valence-corrected chi connectivity index (χ4v) is 4.50. The van der Waals surface area contributed by atoms with E-state index in [1.165, 1.54) is 70.3 Å². The molecule has 0 heterocycles. The molecule has 0 saturated heterocycles. The zero-order chi connectivity index (χ0) is 22.4. The van der Waals surface area contributed by atoms with Crippen LogP contribution in [0, 0.1) is 0 Å². The Hall–Kier alpha value is -1.85. The second-order valence-corrected chi connectivity index (χ2v) is 9.66. The fourth-order valence-electron chi connectivity index (χ4n) is 3.84. The second-order valence-electron chi connectivity index (χ2n) is 8.27. The monoisotopic (exact) mass is 446 g/mol. The van der Waals surface area contributed by atoms with Gasteiger partial charge in [0.15, 0.2) is 5.75 Å². The molecule has 2 rings (SSSR count). The van der Waals surface area contributed by atoms with Gasteiger partial charge in [-0.15, -0.1) is 0 Å². The molecule has 0 radical (unpaired) electrons. The van der Waals surface area contributed by atoms with Crippen molar-refractivity contribution in [2.24, 2.45) is 0 Å². The van der Waals surface area contributed by atoms with Crippen molar-refractivity contribution < 1.29 is 17.7 Å². The third-order valence-corrected chi connectivity index (χ3v) is 6.48. The van der Waals surface area contributed by atoms with E-state index < -0.39 is 10.1 Å². The van der Waals surface area contributed by atoms with Crippen molar-refractivity contribution in [2.45, 2.75) is 95.3 Å². The van der Waals surface area contributed by atoms with Gasteiger partial charge in [-0.1, -0.05) is 108 Å². The van der Waals surface area contributed by atoms with Crippen LogP contribution in [0.2, 0.25) is 0 Å². The van der Waals surface area contributed by atoms with Crippen LogP contribution in [0.1, 0.15) is 89.5 Å². The molecule has 31 heavy (non-hydrogen) atoms. The Bertz CT molecular complexity index is 847. The maximum absolute atomic E-state index is 11.8. The number of para-hydroxylation sites is 2. The molecule has 0 aliphatic rings. The largest absolute Gasteiger partial charge is 0.456 e. The SMILES string of the molecule is CCCCCCCCCCCCCCc1cccc(S(=O)(=O)O)c1Oc1ccccc1. The minimum absolute atomic E-state index is 0.173. The first kappa shape index (κ1) is 25.4. The van der Waals surface area contributed by atoms with Crippen molar-refractivity contribution in [1.29, 1.82) is 0 Å². The van der Waals surface area contributed by atoms with Gasteiger partial charge in [0.1, 0.15) is 10.6 Å². The Balaban J connectivity index is 1.78. The summed E-state index contributed by atoms with van der Waals surface area (Å²) in [5.41, 5.74) is 0.811. The first-order chi connectivity index (χ1) is 15.0. The smallest absolute Gasteiger partial charge is 0.298 e. The quantitative estimate of drug-likeness (QED) is 0.210. The Labute approximate surface area is 188 Å². The summed E-state index contributed by atoms with van der Waals surface area (Å²) in [5.74, 6) is 0.786. The first-order valence-electron chi connectivity index (χ1n) is 11.8. The maximum Gasteiger partial charge on any atom is 0.298 e. The molecule has 2 aromatic rings. The molecule has 4 nitrogen and oxygen atoms in total. The van der Waals surface area contributed by atoms with E-state index in [1.54, 1.807) is 18.2 Å². The lowest BCUT2D eigenvalue weighted by atomic mass is 10.0. The summed E-state index contributed by atoms with van der Waals surface area (Å²) in [4.78, 5) is -0.173. The number of aryl methyl sites for hydroxylation is 1. The third kappa shape index (κ3) is 9.88. The third-order valence-electron chi connectivity index (χ3n) is 5.60. The van der Waals surface area contributed by atoms with Gasteiger partial charge in [-0.3, -0.25) is 4.55 Å². The lowest BCUT2D eigenvalue weighted by molar-refractivity contribution is 0.444. The second kappa shape index (κ2) is 14.3. The number of hydrogen-bond donors (Lipinski definition) is 1.